The summed E-state index contributed by atoms with van der Waals surface area (Å²) in [5.41, 5.74) is 0.815. The average Bonchev–Trinajstić information content (AvgIpc) is 2.49. The van der Waals surface area contributed by atoms with Gasteiger partial charge in [0.05, 0.1) is 0 Å². The fourth-order valence-electron chi connectivity index (χ4n) is 1.98. The minimum Gasteiger partial charge on any atom is -0.309 e. The Balaban J connectivity index is 2.24. The summed E-state index contributed by atoms with van der Waals surface area (Å²) >= 11 is 1.79. The zero-order chi connectivity index (χ0) is 12.4. The van der Waals surface area contributed by atoms with Crippen molar-refractivity contribution in [2.45, 2.75) is 19.9 Å². The number of halogens is 2. The second kappa shape index (κ2) is 5.36. The van der Waals surface area contributed by atoms with E-state index in [-0.39, 0.29) is 17.7 Å². The van der Waals surface area contributed by atoms with Crippen LogP contribution in [0.1, 0.15) is 24.1 Å². The number of rotatable bonds is 1. The van der Waals surface area contributed by atoms with Crippen LogP contribution in [0.2, 0.25) is 0 Å². The van der Waals surface area contributed by atoms with Gasteiger partial charge in [0.15, 0.2) is 0 Å². The second-order valence-electron chi connectivity index (χ2n) is 4.73. The second-order valence-corrected chi connectivity index (χ2v) is 5.80. The monoisotopic (exact) mass is 257 g/mol. The minimum atomic E-state index is -0.328. The molecule has 0 amide bonds. The van der Waals surface area contributed by atoms with Gasteiger partial charge in [-0.05, 0) is 42.8 Å². The molecule has 0 aliphatic carbocycles. The topological polar surface area (TPSA) is 12.0 Å². The van der Waals surface area contributed by atoms with E-state index in [1.807, 2.05) is 0 Å². The quantitative estimate of drug-likeness (QED) is 0.828. The third kappa shape index (κ3) is 2.99. The smallest absolute Gasteiger partial charge is 0.128 e. The maximum Gasteiger partial charge on any atom is 0.128 e. The van der Waals surface area contributed by atoms with Crippen molar-refractivity contribution >= 4 is 11.8 Å². The Morgan fingerprint density at radius 2 is 2.00 bits per heavy atom. The summed E-state index contributed by atoms with van der Waals surface area (Å²) < 4.78 is 27.3. The molecule has 1 heterocycles. The van der Waals surface area contributed by atoms with Gasteiger partial charge in [-0.3, -0.25) is 0 Å². The lowest BCUT2D eigenvalue weighted by atomic mass is 10.0. The highest BCUT2D eigenvalue weighted by atomic mass is 32.2. The van der Waals surface area contributed by atoms with Gasteiger partial charge in [-0.15, -0.1) is 0 Å². The number of benzene rings is 1. The van der Waals surface area contributed by atoms with Crippen molar-refractivity contribution in [3.63, 3.8) is 0 Å². The molecule has 2 unspecified atom stereocenters. The fraction of sp³-hybridized carbons (Fsp3) is 0.538. The summed E-state index contributed by atoms with van der Waals surface area (Å²) in [6.07, 6.45) is 0. The lowest BCUT2D eigenvalue weighted by molar-refractivity contribution is 0.491. The van der Waals surface area contributed by atoms with Crippen molar-refractivity contribution < 1.29 is 8.78 Å². The number of hydrogen-bond donors (Lipinski definition) is 1. The average molecular weight is 257 g/mol. The van der Waals surface area contributed by atoms with E-state index >= 15 is 0 Å². The first-order valence-corrected chi connectivity index (χ1v) is 7.00. The highest BCUT2D eigenvalue weighted by molar-refractivity contribution is 7.99. The highest BCUT2D eigenvalue weighted by Crippen LogP contribution is 2.27. The molecule has 1 saturated heterocycles. The van der Waals surface area contributed by atoms with E-state index in [1.165, 1.54) is 12.1 Å². The molecular weight excluding hydrogens is 240 g/mol. The van der Waals surface area contributed by atoms with Crippen LogP contribution in [0.3, 0.4) is 0 Å². The highest BCUT2D eigenvalue weighted by Gasteiger charge is 2.21. The van der Waals surface area contributed by atoms with Crippen LogP contribution in [0, 0.1) is 24.5 Å². The first kappa shape index (κ1) is 12.8. The Hall–Kier alpha value is -0.610. The van der Waals surface area contributed by atoms with E-state index in [9.17, 15) is 8.78 Å². The van der Waals surface area contributed by atoms with Crippen molar-refractivity contribution in [2.24, 2.45) is 5.92 Å². The predicted molar refractivity (Wildman–Crippen MR) is 68.3 cm³/mol. The molecule has 0 saturated carbocycles. The van der Waals surface area contributed by atoms with Crippen LogP contribution in [0.15, 0.2) is 12.1 Å². The summed E-state index contributed by atoms with van der Waals surface area (Å²) in [5.74, 6) is 1.80. The van der Waals surface area contributed by atoms with Gasteiger partial charge >= 0.3 is 0 Å². The van der Waals surface area contributed by atoms with Gasteiger partial charge in [-0.2, -0.15) is 11.8 Å². The van der Waals surface area contributed by atoms with Crippen molar-refractivity contribution in [3.05, 3.63) is 34.9 Å². The molecule has 94 valence electrons. The van der Waals surface area contributed by atoms with Gasteiger partial charge in [-0.25, -0.2) is 8.78 Å². The van der Waals surface area contributed by atoms with Crippen LogP contribution >= 0.6 is 11.8 Å². The number of nitrogens with one attached hydrogen (secondary N) is 1. The Kier molecular flexibility index (Phi) is 4.05. The van der Waals surface area contributed by atoms with Gasteiger partial charge in [0.25, 0.3) is 0 Å². The minimum absolute atomic E-state index is 0.0833. The maximum atomic E-state index is 13.8. The van der Waals surface area contributed by atoms with Crippen molar-refractivity contribution in [3.8, 4) is 0 Å². The summed E-state index contributed by atoms with van der Waals surface area (Å²) in [5, 5.41) is 3.31. The predicted octanol–water partition coefficient (Wildman–Crippen LogP) is 3.29. The van der Waals surface area contributed by atoms with Gasteiger partial charge in [0.1, 0.15) is 11.6 Å². The van der Waals surface area contributed by atoms with E-state index in [2.05, 4.69) is 12.2 Å². The molecule has 1 aliphatic rings. The van der Waals surface area contributed by atoms with E-state index in [0.29, 0.717) is 17.0 Å². The molecule has 4 heteroatoms. The fourth-order valence-corrected chi connectivity index (χ4v) is 3.17. The number of thioether (sulfide) groups is 1. The lowest BCUT2D eigenvalue weighted by Gasteiger charge is -2.17. The molecular formula is C13H17F2NS. The molecule has 17 heavy (non-hydrogen) atoms. The SMILES string of the molecule is Cc1cc(F)c(C2CSCC(C)CN2)cc1F. The number of hydrogen-bond acceptors (Lipinski definition) is 2. The zero-order valence-corrected chi connectivity index (χ0v) is 10.9. The van der Waals surface area contributed by atoms with Crippen molar-refractivity contribution in [2.75, 3.05) is 18.1 Å². The lowest BCUT2D eigenvalue weighted by Crippen LogP contribution is -2.26. The first-order valence-electron chi connectivity index (χ1n) is 5.84. The summed E-state index contributed by atoms with van der Waals surface area (Å²) in [7, 11) is 0. The molecule has 1 aliphatic heterocycles. The van der Waals surface area contributed by atoms with Crippen molar-refractivity contribution in [1.82, 2.24) is 5.32 Å². The molecule has 1 nitrogen and oxygen atoms in total. The van der Waals surface area contributed by atoms with E-state index in [0.717, 1.165) is 18.1 Å². The Morgan fingerprint density at radius 3 is 2.76 bits per heavy atom. The maximum absolute atomic E-state index is 13.8. The molecule has 1 aromatic carbocycles. The third-order valence-electron chi connectivity index (χ3n) is 3.05. The molecule has 2 atom stereocenters. The first-order chi connectivity index (χ1) is 8.08. The van der Waals surface area contributed by atoms with Crippen LogP contribution in [0.25, 0.3) is 0 Å². The van der Waals surface area contributed by atoms with E-state index in [4.69, 9.17) is 0 Å². The van der Waals surface area contributed by atoms with Crippen LogP contribution in [0.5, 0.6) is 0 Å². The standard InChI is InChI=1S/C13H17F2NS/c1-8-5-16-13(7-17-6-8)10-4-11(14)9(2)3-12(10)15/h3-4,8,13,16H,5-7H2,1-2H3. The molecule has 1 N–H and O–H groups in total. The molecule has 0 radical (unpaired) electrons. The van der Waals surface area contributed by atoms with Gasteiger partial charge in [-0.1, -0.05) is 6.92 Å². The van der Waals surface area contributed by atoms with Gasteiger partial charge in [0.2, 0.25) is 0 Å². The summed E-state index contributed by atoms with van der Waals surface area (Å²) in [4.78, 5) is 0. The molecule has 0 aromatic heterocycles. The van der Waals surface area contributed by atoms with E-state index in [1.54, 1.807) is 18.7 Å². The largest absolute Gasteiger partial charge is 0.309 e. The molecule has 0 spiro atoms. The normalized spacial score (nSPS) is 25.6. The van der Waals surface area contributed by atoms with Crippen LogP contribution in [-0.4, -0.2) is 18.1 Å². The van der Waals surface area contributed by atoms with Crippen LogP contribution in [-0.2, 0) is 0 Å². The summed E-state index contributed by atoms with van der Waals surface area (Å²) in [6.45, 7) is 4.60. The molecule has 1 aromatic rings. The number of aryl methyl sites for hydroxylation is 1. The summed E-state index contributed by atoms with van der Waals surface area (Å²) in [6, 6.07) is 2.53. The van der Waals surface area contributed by atoms with Crippen molar-refractivity contribution in [1.29, 1.82) is 0 Å². The Bertz CT molecular complexity index is 409. The molecule has 0 bridgehead atoms. The van der Waals surface area contributed by atoms with Gasteiger partial charge in [0, 0.05) is 17.4 Å². The Morgan fingerprint density at radius 1 is 1.24 bits per heavy atom. The van der Waals surface area contributed by atoms with Crippen LogP contribution < -0.4 is 5.32 Å². The molecule has 1 fully saturated rings. The third-order valence-corrected chi connectivity index (χ3v) is 4.43. The Labute approximate surface area is 105 Å². The van der Waals surface area contributed by atoms with Crippen LogP contribution in [0.4, 0.5) is 8.78 Å². The molecule has 2 rings (SSSR count). The van der Waals surface area contributed by atoms with Gasteiger partial charge < -0.3 is 5.32 Å². The zero-order valence-electron chi connectivity index (χ0n) is 10.1. The van der Waals surface area contributed by atoms with E-state index < -0.39 is 0 Å².